The molecule has 0 unspecified atom stereocenters. The lowest BCUT2D eigenvalue weighted by molar-refractivity contribution is -0.138. The van der Waals surface area contributed by atoms with Gasteiger partial charge in [0.2, 0.25) is 0 Å². The van der Waals surface area contributed by atoms with Gasteiger partial charge < -0.3 is 31.5 Å². The maximum atomic E-state index is 10.7. The van der Waals surface area contributed by atoms with Crippen LogP contribution in [0.3, 0.4) is 0 Å². The number of rotatable bonds is 7. The lowest BCUT2D eigenvalue weighted by Crippen LogP contribution is -2.33. The number of aliphatic hydroxyl groups is 2. The van der Waals surface area contributed by atoms with Crippen LogP contribution in [-0.4, -0.2) is 76.7 Å². The Morgan fingerprint density at radius 1 is 1.35 bits per heavy atom. The molecule has 1 aliphatic rings. The van der Waals surface area contributed by atoms with Gasteiger partial charge in [-0.1, -0.05) is 0 Å². The molecule has 3 heterocycles. The van der Waals surface area contributed by atoms with Gasteiger partial charge in [-0.25, -0.2) is 15.0 Å². The van der Waals surface area contributed by atoms with Gasteiger partial charge in [0.05, 0.1) is 12.4 Å². The van der Waals surface area contributed by atoms with E-state index in [9.17, 15) is 15.0 Å². The first-order valence-electron chi connectivity index (χ1n) is 7.91. The number of anilines is 1. The normalized spacial score (nSPS) is 27.0. The maximum Gasteiger partial charge on any atom is 0.320 e. The number of fused-ring (bicyclic) bond motifs is 1. The molecule has 0 bridgehead atoms. The van der Waals surface area contributed by atoms with E-state index in [0.29, 0.717) is 29.1 Å². The molecule has 7 N–H and O–H groups in total. The number of aliphatic hydroxyl groups excluding tert-OH is 2. The lowest BCUT2D eigenvalue weighted by Gasteiger charge is -2.16. The van der Waals surface area contributed by atoms with Crippen molar-refractivity contribution >= 4 is 34.7 Å². The Morgan fingerprint density at radius 3 is 2.85 bits per heavy atom. The van der Waals surface area contributed by atoms with Gasteiger partial charge in [0.15, 0.2) is 17.7 Å². The highest BCUT2D eigenvalue weighted by Gasteiger charge is 2.44. The fourth-order valence-corrected chi connectivity index (χ4v) is 3.78. The molecule has 26 heavy (non-hydrogen) atoms. The Hall–Kier alpha value is -1.99. The number of nitrogen functional groups attached to an aromatic ring is 1. The molecule has 2 aromatic rings. The molecule has 0 spiro atoms. The number of carboxylic acid groups (broad SMARTS) is 1. The number of aromatic nitrogens is 4. The number of imidazole rings is 1. The predicted octanol–water partition coefficient (Wildman–Crippen LogP) is -1.44. The van der Waals surface area contributed by atoms with Crippen molar-refractivity contribution in [3.63, 3.8) is 0 Å². The lowest BCUT2D eigenvalue weighted by atomic mass is 10.1. The highest BCUT2D eigenvalue weighted by Crippen LogP contribution is 2.33. The van der Waals surface area contributed by atoms with Crippen LogP contribution in [0.1, 0.15) is 12.6 Å². The smallest absolute Gasteiger partial charge is 0.320 e. The molecule has 0 aliphatic carbocycles. The highest BCUT2D eigenvalue weighted by atomic mass is 32.2. The third-order valence-corrected chi connectivity index (χ3v) is 5.26. The summed E-state index contributed by atoms with van der Waals surface area (Å²) in [6.45, 7) is 0. The first kappa shape index (κ1) is 18.8. The predicted molar refractivity (Wildman–Crippen MR) is 93.2 cm³/mol. The molecule has 1 aliphatic heterocycles. The SMILES string of the molecule is Nc1ncnc2c1ncn2[C@@H]1O[C@H](CSCC[C@@H](N)C(=O)O)[C@@H](O)[C@H]1O. The van der Waals surface area contributed by atoms with E-state index in [-0.39, 0.29) is 5.82 Å². The summed E-state index contributed by atoms with van der Waals surface area (Å²) in [5.74, 6) is 0.0405. The standard InChI is InChI=1S/C14H20N6O5S/c15-6(14(23)24)1-2-26-3-7-9(21)10(22)13(25-7)20-5-19-8-11(16)17-4-18-12(8)20/h4-7,9-10,13,21-22H,1-3,15H2,(H,23,24)(H2,16,17,18)/t6-,7-,9-,10-,13-/m1/s1. The molecule has 0 amide bonds. The van der Waals surface area contributed by atoms with Crippen molar-refractivity contribution in [3.8, 4) is 0 Å². The number of nitrogens with zero attached hydrogens (tertiary/aromatic N) is 4. The Morgan fingerprint density at radius 2 is 2.12 bits per heavy atom. The number of hydrogen-bond donors (Lipinski definition) is 5. The van der Waals surface area contributed by atoms with E-state index in [1.54, 1.807) is 0 Å². The third-order valence-electron chi connectivity index (χ3n) is 4.17. The van der Waals surface area contributed by atoms with E-state index >= 15 is 0 Å². The van der Waals surface area contributed by atoms with Crippen molar-refractivity contribution in [3.05, 3.63) is 12.7 Å². The molecule has 3 rings (SSSR count). The summed E-state index contributed by atoms with van der Waals surface area (Å²) < 4.78 is 7.29. The number of hydrogen-bond acceptors (Lipinski definition) is 10. The second-order valence-corrected chi connectivity index (χ2v) is 7.09. The summed E-state index contributed by atoms with van der Waals surface area (Å²) in [5, 5.41) is 29.3. The van der Waals surface area contributed by atoms with Crippen molar-refractivity contribution in [1.82, 2.24) is 19.5 Å². The van der Waals surface area contributed by atoms with Crippen LogP contribution < -0.4 is 11.5 Å². The van der Waals surface area contributed by atoms with Gasteiger partial charge >= 0.3 is 5.97 Å². The molecule has 1 saturated heterocycles. The van der Waals surface area contributed by atoms with E-state index in [4.69, 9.17) is 21.3 Å². The van der Waals surface area contributed by atoms with Crippen molar-refractivity contribution in [1.29, 1.82) is 0 Å². The zero-order valence-electron chi connectivity index (χ0n) is 13.7. The Bertz CT molecular complexity index is 788. The number of aliphatic carboxylic acids is 1. The van der Waals surface area contributed by atoms with E-state index in [1.165, 1.54) is 29.0 Å². The van der Waals surface area contributed by atoms with Crippen LogP contribution >= 0.6 is 11.8 Å². The summed E-state index contributed by atoms with van der Waals surface area (Å²) in [7, 11) is 0. The van der Waals surface area contributed by atoms with Crippen LogP contribution in [0.25, 0.3) is 11.2 Å². The average molecular weight is 384 g/mol. The summed E-state index contributed by atoms with van der Waals surface area (Å²) in [6, 6.07) is -0.919. The van der Waals surface area contributed by atoms with Crippen LogP contribution in [-0.2, 0) is 9.53 Å². The van der Waals surface area contributed by atoms with Crippen LogP contribution in [0.2, 0.25) is 0 Å². The number of ether oxygens (including phenoxy) is 1. The van der Waals surface area contributed by atoms with Crippen molar-refractivity contribution in [2.24, 2.45) is 5.73 Å². The first-order valence-corrected chi connectivity index (χ1v) is 9.06. The molecule has 0 saturated carbocycles. The fourth-order valence-electron chi connectivity index (χ4n) is 2.69. The highest BCUT2D eigenvalue weighted by molar-refractivity contribution is 7.99. The zero-order chi connectivity index (χ0) is 18.8. The zero-order valence-corrected chi connectivity index (χ0v) is 14.5. The summed E-state index contributed by atoms with van der Waals surface area (Å²) in [4.78, 5) is 22.8. The minimum atomic E-state index is -1.17. The topological polar surface area (TPSA) is 183 Å². The van der Waals surface area contributed by atoms with Gasteiger partial charge in [0.25, 0.3) is 0 Å². The molecular formula is C14H20N6O5S. The van der Waals surface area contributed by atoms with E-state index in [2.05, 4.69) is 15.0 Å². The van der Waals surface area contributed by atoms with Gasteiger partial charge in [-0.2, -0.15) is 11.8 Å². The van der Waals surface area contributed by atoms with Gasteiger partial charge in [-0.3, -0.25) is 9.36 Å². The molecule has 11 nitrogen and oxygen atoms in total. The Balaban J connectivity index is 1.64. The Kier molecular flexibility index (Phi) is 5.58. The van der Waals surface area contributed by atoms with E-state index in [0.717, 1.165) is 0 Å². The van der Waals surface area contributed by atoms with Crippen LogP contribution in [0.4, 0.5) is 5.82 Å². The molecule has 12 heteroatoms. The monoisotopic (exact) mass is 384 g/mol. The van der Waals surface area contributed by atoms with Crippen molar-refractivity contribution < 1.29 is 24.9 Å². The van der Waals surface area contributed by atoms with Crippen molar-refractivity contribution in [2.75, 3.05) is 17.2 Å². The molecule has 5 atom stereocenters. The van der Waals surface area contributed by atoms with E-state index in [1.807, 2.05) is 0 Å². The molecule has 2 aromatic heterocycles. The summed E-state index contributed by atoms with van der Waals surface area (Å²) in [6.07, 6.45) is -0.747. The Labute approximate surface area is 152 Å². The minimum absolute atomic E-state index is 0.212. The molecule has 1 fully saturated rings. The van der Waals surface area contributed by atoms with Gasteiger partial charge in [-0.15, -0.1) is 0 Å². The van der Waals surface area contributed by atoms with Gasteiger partial charge in [0, 0.05) is 5.75 Å². The number of nitrogens with two attached hydrogens (primary N) is 2. The minimum Gasteiger partial charge on any atom is -0.480 e. The maximum absolute atomic E-state index is 10.7. The molecular weight excluding hydrogens is 364 g/mol. The quantitative estimate of drug-likeness (QED) is 0.352. The number of thioether (sulfide) groups is 1. The molecule has 0 aromatic carbocycles. The van der Waals surface area contributed by atoms with Crippen LogP contribution in [0.15, 0.2) is 12.7 Å². The summed E-state index contributed by atoms with van der Waals surface area (Å²) in [5.41, 5.74) is 12.0. The number of carboxylic acids is 1. The van der Waals surface area contributed by atoms with Crippen molar-refractivity contribution in [2.45, 2.75) is 37.0 Å². The summed E-state index contributed by atoms with van der Waals surface area (Å²) >= 11 is 1.40. The van der Waals surface area contributed by atoms with Crippen LogP contribution in [0, 0.1) is 0 Å². The second-order valence-electron chi connectivity index (χ2n) is 5.94. The second kappa shape index (κ2) is 7.72. The fraction of sp³-hybridized carbons (Fsp3) is 0.571. The third kappa shape index (κ3) is 3.59. The number of carbonyl (C=O) groups is 1. The van der Waals surface area contributed by atoms with Gasteiger partial charge in [0.1, 0.15) is 30.1 Å². The molecule has 0 radical (unpaired) electrons. The molecule has 142 valence electrons. The first-order chi connectivity index (χ1) is 12.4. The van der Waals surface area contributed by atoms with Crippen LogP contribution in [0.5, 0.6) is 0 Å². The van der Waals surface area contributed by atoms with E-state index < -0.39 is 36.6 Å². The largest absolute Gasteiger partial charge is 0.480 e. The average Bonchev–Trinajstić information content (AvgIpc) is 3.15. The van der Waals surface area contributed by atoms with Gasteiger partial charge in [-0.05, 0) is 12.2 Å².